The molecule has 1 N–H and O–H groups in total. The highest BCUT2D eigenvalue weighted by Crippen LogP contribution is 2.34. The van der Waals surface area contributed by atoms with Crippen molar-refractivity contribution in [1.82, 2.24) is 4.98 Å². The predicted molar refractivity (Wildman–Crippen MR) is 61.0 cm³/mol. The van der Waals surface area contributed by atoms with Gasteiger partial charge in [-0.05, 0) is 35.6 Å². The van der Waals surface area contributed by atoms with E-state index in [0.717, 1.165) is 16.2 Å². The summed E-state index contributed by atoms with van der Waals surface area (Å²) in [5.74, 6) is 0.189. The van der Waals surface area contributed by atoms with E-state index in [-0.39, 0.29) is 10.8 Å². The lowest BCUT2D eigenvalue weighted by Crippen LogP contribution is -1.80. The zero-order valence-electron chi connectivity index (χ0n) is 7.86. The molecule has 0 aliphatic heterocycles. The minimum absolute atomic E-state index is 0.0290. The van der Waals surface area contributed by atoms with Gasteiger partial charge in [0.15, 0.2) is 4.34 Å². The van der Waals surface area contributed by atoms with E-state index >= 15 is 0 Å². The highest BCUT2D eigenvalue weighted by atomic mass is 32.2. The molecule has 0 radical (unpaired) electrons. The second-order valence-corrected chi connectivity index (χ2v) is 5.15. The molecule has 82 valence electrons. The molecule has 0 fully saturated rings. The number of aromatic hydroxyl groups is 1. The molecular formula is C9H6N2O3S2. The molecule has 0 unspecified atom stereocenters. The molecule has 5 nitrogen and oxygen atoms in total. The molecule has 16 heavy (non-hydrogen) atoms. The van der Waals surface area contributed by atoms with Crippen molar-refractivity contribution in [2.45, 2.75) is 9.24 Å². The van der Waals surface area contributed by atoms with Crippen LogP contribution in [0.3, 0.4) is 0 Å². The summed E-state index contributed by atoms with van der Waals surface area (Å²) in [4.78, 5) is 14.8. The van der Waals surface area contributed by atoms with Crippen LogP contribution in [0.15, 0.2) is 39.7 Å². The summed E-state index contributed by atoms with van der Waals surface area (Å²) < 4.78 is 0.609. The Labute approximate surface area is 98.9 Å². The average Bonchev–Trinajstić information content (AvgIpc) is 2.70. The maximum absolute atomic E-state index is 10.4. The Kier molecular flexibility index (Phi) is 3.07. The lowest BCUT2D eigenvalue weighted by atomic mass is 10.3. The molecule has 0 spiro atoms. The third kappa shape index (κ3) is 2.50. The van der Waals surface area contributed by atoms with Crippen molar-refractivity contribution in [3.05, 3.63) is 40.6 Å². The SMILES string of the molecule is O=[N+]([O-])c1cnc(Sc2ccc(O)cc2)s1. The van der Waals surface area contributed by atoms with Gasteiger partial charge in [0.1, 0.15) is 11.9 Å². The normalized spacial score (nSPS) is 10.2. The second-order valence-electron chi connectivity index (χ2n) is 2.82. The molecule has 0 atom stereocenters. The van der Waals surface area contributed by atoms with Crippen LogP contribution in [0.2, 0.25) is 0 Å². The fourth-order valence-electron chi connectivity index (χ4n) is 0.997. The summed E-state index contributed by atoms with van der Waals surface area (Å²) in [5, 5.41) is 19.6. The Hall–Kier alpha value is -1.60. The van der Waals surface area contributed by atoms with E-state index in [9.17, 15) is 10.1 Å². The van der Waals surface area contributed by atoms with E-state index in [2.05, 4.69) is 4.98 Å². The fourth-order valence-corrected chi connectivity index (χ4v) is 2.75. The largest absolute Gasteiger partial charge is 0.508 e. The molecule has 1 heterocycles. The Morgan fingerprint density at radius 1 is 1.38 bits per heavy atom. The van der Waals surface area contributed by atoms with Crippen LogP contribution in [0.1, 0.15) is 0 Å². The second kappa shape index (κ2) is 4.50. The van der Waals surface area contributed by atoms with Crippen molar-refractivity contribution in [2.24, 2.45) is 0 Å². The molecule has 1 aromatic heterocycles. The van der Waals surface area contributed by atoms with Gasteiger partial charge in [-0.3, -0.25) is 10.1 Å². The molecule has 7 heteroatoms. The average molecular weight is 254 g/mol. The van der Waals surface area contributed by atoms with Crippen molar-refractivity contribution in [3.8, 4) is 5.75 Å². The minimum Gasteiger partial charge on any atom is -0.508 e. The van der Waals surface area contributed by atoms with Crippen LogP contribution < -0.4 is 0 Å². The van der Waals surface area contributed by atoms with Gasteiger partial charge in [0.05, 0.1) is 4.92 Å². The number of nitrogens with zero attached hydrogens (tertiary/aromatic N) is 2. The zero-order valence-corrected chi connectivity index (χ0v) is 9.49. The van der Waals surface area contributed by atoms with E-state index in [1.807, 2.05) is 0 Å². The van der Waals surface area contributed by atoms with Crippen LogP contribution in [0, 0.1) is 10.1 Å². The van der Waals surface area contributed by atoms with E-state index in [1.54, 1.807) is 24.3 Å². The van der Waals surface area contributed by atoms with Gasteiger partial charge in [0, 0.05) is 4.90 Å². The number of hydrogen-bond acceptors (Lipinski definition) is 6. The number of aromatic nitrogens is 1. The molecule has 1 aromatic carbocycles. The first-order chi connectivity index (χ1) is 7.65. The first-order valence-corrected chi connectivity index (χ1v) is 5.85. The molecule has 0 bridgehead atoms. The summed E-state index contributed by atoms with van der Waals surface area (Å²) in [5.41, 5.74) is 0. The minimum atomic E-state index is -0.460. The first-order valence-electron chi connectivity index (χ1n) is 4.22. The van der Waals surface area contributed by atoms with Crippen molar-refractivity contribution in [2.75, 3.05) is 0 Å². The summed E-state index contributed by atoms with van der Waals surface area (Å²) in [6.45, 7) is 0. The van der Waals surface area contributed by atoms with Gasteiger partial charge in [-0.1, -0.05) is 11.8 Å². The lowest BCUT2D eigenvalue weighted by Gasteiger charge is -1.96. The quantitative estimate of drug-likeness (QED) is 0.673. The van der Waals surface area contributed by atoms with Gasteiger partial charge >= 0.3 is 5.00 Å². The number of benzene rings is 1. The topological polar surface area (TPSA) is 76.3 Å². The third-order valence-electron chi connectivity index (χ3n) is 1.69. The Bertz CT molecular complexity index is 510. The Morgan fingerprint density at radius 3 is 2.62 bits per heavy atom. The van der Waals surface area contributed by atoms with E-state index in [1.165, 1.54) is 18.0 Å². The van der Waals surface area contributed by atoms with Gasteiger partial charge in [-0.25, -0.2) is 4.98 Å². The maximum atomic E-state index is 10.4. The number of phenolic OH excluding ortho intramolecular Hbond substituents is 1. The molecule has 0 aliphatic rings. The molecular weight excluding hydrogens is 248 g/mol. The van der Waals surface area contributed by atoms with Crippen LogP contribution in [0.4, 0.5) is 5.00 Å². The molecule has 2 rings (SSSR count). The maximum Gasteiger partial charge on any atom is 0.344 e. The monoisotopic (exact) mass is 254 g/mol. The van der Waals surface area contributed by atoms with Crippen molar-refractivity contribution in [3.63, 3.8) is 0 Å². The van der Waals surface area contributed by atoms with Gasteiger partial charge in [-0.15, -0.1) is 0 Å². The van der Waals surface area contributed by atoms with Gasteiger partial charge in [0.2, 0.25) is 0 Å². The standard InChI is InChI=1S/C9H6N2O3S2/c12-6-1-3-7(4-2-6)15-9-10-5-8(16-9)11(13)14/h1-5,12H. The third-order valence-corrected chi connectivity index (χ3v) is 3.73. The molecule has 0 saturated heterocycles. The van der Waals surface area contributed by atoms with Crippen LogP contribution in [0.5, 0.6) is 5.75 Å². The summed E-state index contributed by atoms with van der Waals surface area (Å²) >= 11 is 2.36. The van der Waals surface area contributed by atoms with Crippen LogP contribution >= 0.6 is 23.1 Å². The molecule has 2 aromatic rings. The van der Waals surface area contributed by atoms with Crippen molar-refractivity contribution in [1.29, 1.82) is 0 Å². The Morgan fingerprint density at radius 2 is 2.06 bits per heavy atom. The van der Waals surface area contributed by atoms with Crippen molar-refractivity contribution < 1.29 is 10.0 Å². The number of hydrogen-bond donors (Lipinski definition) is 1. The Balaban J connectivity index is 2.14. The van der Waals surface area contributed by atoms with E-state index in [4.69, 9.17) is 5.11 Å². The number of rotatable bonds is 3. The fraction of sp³-hybridized carbons (Fsp3) is 0. The molecule has 0 amide bonds. The van der Waals surface area contributed by atoms with Gasteiger partial charge < -0.3 is 5.11 Å². The molecule has 0 aliphatic carbocycles. The van der Waals surface area contributed by atoms with E-state index < -0.39 is 4.92 Å². The summed E-state index contributed by atoms with van der Waals surface area (Å²) in [6, 6.07) is 6.58. The zero-order chi connectivity index (χ0) is 11.5. The number of phenols is 1. The predicted octanol–water partition coefficient (Wildman–Crippen LogP) is 2.91. The van der Waals surface area contributed by atoms with Gasteiger partial charge in [0.25, 0.3) is 0 Å². The van der Waals surface area contributed by atoms with Crippen LogP contribution in [-0.2, 0) is 0 Å². The van der Waals surface area contributed by atoms with Gasteiger partial charge in [-0.2, -0.15) is 0 Å². The van der Waals surface area contributed by atoms with Crippen molar-refractivity contribution >= 4 is 28.1 Å². The summed E-state index contributed by atoms with van der Waals surface area (Å²) in [7, 11) is 0. The molecule has 0 saturated carbocycles. The van der Waals surface area contributed by atoms with Crippen LogP contribution in [0.25, 0.3) is 0 Å². The number of nitro groups is 1. The lowest BCUT2D eigenvalue weighted by molar-refractivity contribution is -0.380. The highest BCUT2D eigenvalue weighted by molar-refractivity contribution is 8.01. The summed E-state index contributed by atoms with van der Waals surface area (Å²) in [6.07, 6.45) is 1.24. The van der Waals surface area contributed by atoms with Crippen LogP contribution in [-0.4, -0.2) is 15.0 Å². The first kappa shape index (κ1) is 10.9. The number of thiazole rings is 1. The smallest absolute Gasteiger partial charge is 0.344 e. The highest BCUT2D eigenvalue weighted by Gasteiger charge is 2.12. The van der Waals surface area contributed by atoms with E-state index in [0.29, 0.717) is 4.34 Å².